The Labute approximate surface area is 93.4 Å². The molecule has 0 aliphatic heterocycles. The molecule has 2 heteroatoms. The molecule has 0 aromatic carbocycles. The molecule has 0 aromatic heterocycles. The molecule has 1 saturated carbocycles. The maximum atomic E-state index is 11.8. The van der Waals surface area contributed by atoms with Crippen molar-refractivity contribution in [2.24, 2.45) is 17.3 Å². The first-order valence-corrected chi connectivity index (χ1v) is 6.13. The van der Waals surface area contributed by atoms with E-state index < -0.39 is 0 Å². The van der Waals surface area contributed by atoms with Gasteiger partial charge in [0.2, 0.25) is 0 Å². The fourth-order valence-electron chi connectivity index (χ4n) is 2.59. The molecule has 2 atom stereocenters. The lowest BCUT2D eigenvalue weighted by atomic mass is 9.75. The predicted molar refractivity (Wildman–Crippen MR) is 61.5 cm³/mol. The SMILES string of the molecule is CCCOC(=O)C1CCCC1C(C)(C)C. The molecule has 0 amide bonds. The molecular formula is C13H24O2. The monoisotopic (exact) mass is 212 g/mol. The topological polar surface area (TPSA) is 26.3 Å². The molecule has 0 radical (unpaired) electrons. The lowest BCUT2D eigenvalue weighted by Gasteiger charge is -2.31. The summed E-state index contributed by atoms with van der Waals surface area (Å²) in [6, 6.07) is 0. The molecule has 0 saturated heterocycles. The van der Waals surface area contributed by atoms with Crippen molar-refractivity contribution in [2.75, 3.05) is 6.61 Å². The zero-order valence-electron chi connectivity index (χ0n) is 10.5. The summed E-state index contributed by atoms with van der Waals surface area (Å²) in [7, 11) is 0. The van der Waals surface area contributed by atoms with Crippen molar-refractivity contribution in [3.8, 4) is 0 Å². The highest BCUT2D eigenvalue weighted by molar-refractivity contribution is 5.73. The maximum absolute atomic E-state index is 11.8. The summed E-state index contributed by atoms with van der Waals surface area (Å²) < 4.78 is 5.26. The molecule has 1 rings (SSSR count). The van der Waals surface area contributed by atoms with E-state index in [1.807, 2.05) is 6.92 Å². The van der Waals surface area contributed by atoms with Gasteiger partial charge in [0, 0.05) is 0 Å². The highest BCUT2D eigenvalue weighted by atomic mass is 16.5. The minimum absolute atomic E-state index is 0.0364. The van der Waals surface area contributed by atoms with Crippen LogP contribution >= 0.6 is 0 Å². The van der Waals surface area contributed by atoms with E-state index in [-0.39, 0.29) is 17.3 Å². The van der Waals surface area contributed by atoms with Crippen molar-refractivity contribution in [3.05, 3.63) is 0 Å². The molecule has 0 aromatic rings. The molecule has 2 unspecified atom stereocenters. The van der Waals surface area contributed by atoms with Crippen LogP contribution in [0.5, 0.6) is 0 Å². The molecule has 1 aliphatic carbocycles. The number of hydrogen-bond acceptors (Lipinski definition) is 2. The molecular weight excluding hydrogens is 188 g/mol. The lowest BCUT2D eigenvalue weighted by Crippen LogP contribution is -2.30. The van der Waals surface area contributed by atoms with Gasteiger partial charge in [-0.25, -0.2) is 0 Å². The molecule has 15 heavy (non-hydrogen) atoms. The van der Waals surface area contributed by atoms with Crippen LogP contribution in [0.25, 0.3) is 0 Å². The van der Waals surface area contributed by atoms with Gasteiger partial charge < -0.3 is 4.74 Å². The molecule has 0 heterocycles. The first-order chi connectivity index (χ1) is 6.96. The summed E-state index contributed by atoms with van der Waals surface area (Å²) in [6.45, 7) is 9.28. The van der Waals surface area contributed by atoms with Crippen molar-refractivity contribution in [2.45, 2.75) is 53.4 Å². The van der Waals surface area contributed by atoms with Crippen LogP contribution < -0.4 is 0 Å². The summed E-state index contributed by atoms with van der Waals surface area (Å²) in [5.74, 6) is 0.688. The number of esters is 1. The summed E-state index contributed by atoms with van der Waals surface area (Å²) in [6.07, 6.45) is 4.28. The van der Waals surface area contributed by atoms with Gasteiger partial charge in [-0.3, -0.25) is 4.79 Å². The molecule has 1 aliphatic rings. The van der Waals surface area contributed by atoms with Gasteiger partial charge in [0.05, 0.1) is 12.5 Å². The van der Waals surface area contributed by atoms with Crippen LogP contribution in [0.15, 0.2) is 0 Å². The minimum Gasteiger partial charge on any atom is -0.465 e. The number of rotatable bonds is 3. The van der Waals surface area contributed by atoms with E-state index in [1.165, 1.54) is 12.8 Å². The number of carbonyl (C=O) groups is 1. The van der Waals surface area contributed by atoms with Gasteiger partial charge in [-0.15, -0.1) is 0 Å². The third kappa shape index (κ3) is 3.22. The Hall–Kier alpha value is -0.530. The van der Waals surface area contributed by atoms with Crippen LogP contribution in [0.1, 0.15) is 53.4 Å². The second-order valence-electron chi connectivity index (χ2n) is 5.68. The number of carbonyl (C=O) groups excluding carboxylic acids is 1. The first-order valence-electron chi connectivity index (χ1n) is 6.13. The fraction of sp³-hybridized carbons (Fsp3) is 0.923. The third-order valence-corrected chi connectivity index (χ3v) is 3.38. The third-order valence-electron chi connectivity index (χ3n) is 3.38. The van der Waals surface area contributed by atoms with E-state index in [9.17, 15) is 4.79 Å². The lowest BCUT2D eigenvalue weighted by molar-refractivity contribution is -0.151. The van der Waals surface area contributed by atoms with Crippen LogP contribution in [0.2, 0.25) is 0 Å². The van der Waals surface area contributed by atoms with E-state index in [0.717, 1.165) is 12.8 Å². The first kappa shape index (κ1) is 12.5. The molecule has 0 N–H and O–H groups in total. The highest BCUT2D eigenvalue weighted by Crippen LogP contribution is 2.43. The molecule has 0 bridgehead atoms. The Bertz CT molecular complexity index is 215. The van der Waals surface area contributed by atoms with Gasteiger partial charge in [-0.1, -0.05) is 34.1 Å². The van der Waals surface area contributed by atoms with Gasteiger partial charge in [0.25, 0.3) is 0 Å². The van der Waals surface area contributed by atoms with Gasteiger partial charge in [0.15, 0.2) is 0 Å². The summed E-state index contributed by atoms with van der Waals surface area (Å²) in [5, 5.41) is 0. The van der Waals surface area contributed by atoms with Crippen molar-refractivity contribution < 1.29 is 9.53 Å². The van der Waals surface area contributed by atoms with Crippen LogP contribution in [0.4, 0.5) is 0 Å². The Kier molecular flexibility index (Phi) is 4.18. The standard InChI is InChI=1S/C13H24O2/c1-5-9-15-12(14)10-7-6-8-11(10)13(2,3)4/h10-11H,5-9H2,1-4H3. The Morgan fingerprint density at radius 2 is 2.00 bits per heavy atom. The molecule has 2 nitrogen and oxygen atoms in total. The van der Waals surface area contributed by atoms with E-state index in [0.29, 0.717) is 12.5 Å². The largest absolute Gasteiger partial charge is 0.465 e. The van der Waals surface area contributed by atoms with Crippen molar-refractivity contribution in [1.82, 2.24) is 0 Å². The van der Waals surface area contributed by atoms with Crippen molar-refractivity contribution >= 4 is 5.97 Å². The summed E-state index contributed by atoms with van der Waals surface area (Å²) >= 11 is 0. The fourth-order valence-corrected chi connectivity index (χ4v) is 2.59. The molecule has 1 fully saturated rings. The zero-order chi connectivity index (χ0) is 11.5. The smallest absolute Gasteiger partial charge is 0.309 e. The Morgan fingerprint density at radius 1 is 1.33 bits per heavy atom. The van der Waals surface area contributed by atoms with Crippen LogP contribution in [0.3, 0.4) is 0 Å². The Morgan fingerprint density at radius 3 is 2.53 bits per heavy atom. The summed E-state index contributed by atoms with van der Waals surface area (Å²) in [4.78, 5) is 11.8. The van der Waals surface area contributed by atoms with Gasteiger partial charge in [0.1, 0.15) is 0 Å². The molecule has 88 valence electrons. The average molecular weight is 212 g/mol. The van der Waals surface area contributed by atoms with E-state index in [4.69, 9.17) is 4.74 Å². The van der Waals surface area contributed by atoms with E-state index in [1.54, 1.807) is 0 Å². The predicted octanol–water partition coefficient (Wildman–Crippen LogP) is 3.40. The van der Waals surface area contributed by atoms with Crippen molar-refractivity contribution in [3.63, 3.8) is 0 Å². The van der Waals surface area contributed by atoms with Crippen LogP contribution in [-0.2, 0) is 9.53 Å². The van der Waals surface area contributed by atoms with Crippen LogP contribution in [-0.4, -0.2) is 12.6 Å². The highest BCUT2D eigenvalue weighted by Gasteiger charge is 2.40. The summed E-state index contributed by atoms with van der Waals surface area (Å²) in [5.41, 5.74) is 0.229. The van der Waals surface area contributed by atoms with Gasteiger partial charge in [-0.2, -0.15) is 0 Å². The maximum Gasteiger partial charge on any atom is 0.309 e. The second-order valence-corrected chi connectivity index (χ2v) is 5.68. The van der Waals surface area contributed by atoms with Crippen molar-refractivity contribution in [1.29, 1.82) is 0 Å². The number of hydrogen-bond donors (Lipinski definition) is 0. The number of ether oxygens (including phenoxy) is 1. The van der Waals surface area contributed by atoms with Gasteiger partial charge >= 0.3 is 5.97 Å². The second kappa shape index (κ2) is 5.00. The Balaban J connectivity index is 2.56. The van der Waals surface area contributed by atoms with Crippen LogP contribution in [0, 0.1) is 17.3 Å². The normalized spacial score (nSPS) is 26.7. The zero-order valence-corrected chi connectivity index (χ0v) is 10.5. The van der Waals surface area contributed by atoms with Gasteiger partial charge in [-0.05, 0) is 30.6 Å². The molecule has 0 spiro atoms. The van der Waals surface area contributed by atoms with E-state index >= 15 is 0 Å². The van der Waals surface area contributed by atoms with E-state index in [2.05, 4.69) is 20.8 Å². The quantitative estimate of drug-likeness (QED) is 0.670. The minimum atomic E-state index is 0.0364. The average Bonchev–Trinajstić information content (AvgIpc) is 2.61.